The highest BCUT2D eigenvalue weighted by Crippen LogP contribution is 2.26. The molecule has 0 atom stereocenters. The number of hydrogen-bond donors (Lipinski definition) is 1. The van der Waals surface area contributed by atoms with Gasteiger partial charge in [0.05, 0.1) is 10.6 Å². The van der Waals surface area contributed by atoms with E-state index in [1.807, 2.05) is 0 Å². The molecule has 0 saturated heterocycles. The first kappa shape index (κ1) is 16.4. The van der Waals surface area contributed by atoms with Crippen molar-refractivity contribution in [2.24, 2.45) is 0 Å². The molecule has 1 rings (SSSR count). The fraction of sp³-hybridized carbons (Fsp3) is 0.154. The number of nitrogens with zero attached hydrogens (tertiary/aromatic N) is 1. The lowest BCUT2D eigenvalue weighted by Gasteiger charge is -2.19. The molecule has 0 unspecified atom stereocenters. The molecule has 0 aliphatic heterocycles. The fourth-order valence-corrected chi connectivity index (χ4v) is 3.41. The van der Waals surface area contributed by atoms with Crippen molar-refractivity contribution in [3.8, 4) is 0 Å². The highest BCUT2D eigenvalue weighted by molar-refractivity contribution is 7.89. The van der Waals surface area contributed by atoms with Crippen LogP contribution in [0.25, 0.3) is 0 Å². The van der Waals surface area contributed by atoms with E-state index >= 15 is 0 Å². The van der Waals surface area contributed by atoms with E-state index in [9.17, 15) is 13.2 Å². The normalized spacial score (nSPS) is 11.3. The number of carbonyl (C=O) groups is 1. The molecule has 0 saturated carbocycles. The molecule has 0 heterocycles. The van der Waals surface area contributed by atoms with Crippen molar-refractivity contribution >= 4 is 27.6 Å². The molecule has 108 valence electrons. The van der Waals surface area contributed by atoms with Crippen LogP contribution in [0.15, 0.2) is 48.4 Å². The van der Waals surface area contributed by atoms with Crippen LogP contribution in [-0.4, -0.2) is 36.9 Å². The van der Waals surface area contributed by atoms with Crippen molar-refractivity contribution in [2.75, 3.05) is 13.1 Å². The molecule has 5 nitrogen and oxygen atoms in total. The van der Waals surface area contributed by atoms with Gasteiger partial charge in [-0.05, 0) is 18.2 Å². The van der Waals surface area contributed by atoms with E-state index in [0.29, 0.717) is 0 Å². The average Bonchev–Trinajstić information content (AvgIpc) is 2.38. The van der Waals surface area contributed by atoms with Crippen molar-refractivity contribution < 1.29 is 18.3 Å². The maximum atomic E-state index is 12.5. The molecular formula is C13H14ClNO4S. The molecular weight excluding hydrogens is 302 g/mol. The van der Waals surface area contributed by atoms with Crippen LogP contribution in [-0.2, 0) is 10.0 Å². The third-order valence-electron chi connectivity index (χ3n) is 2.46. The second-order valence-corrected chi connectivity index (χ2v) is 6.16. The highest BCUT2D eigenvalue weighted by Gasteiger charge is 2.26. The summed E-state index contributed by atoms with van der Waals surface area (Å²) in [5.41, 5.74) is -0.148. The molecule has 0 spiro atoms. The quantitative estimate of drug-likeness (QED) is 0.784. The van der Waals surface area contributed by atoms with Crippen LogP contribution in [0.4, 0.5) is 0 Å². The summed E-state index contributed by atoms with van der Waals surface area (Å²) in [6.07, 6.45) is 2.85. The lowest BCUT2D eigenvalue weighted by atomic mass is 10.2. The Hall–Kier alpha value is -1.63. The van der Waals surface area contributed by atoms with E-state index in [1.54, 1.807) is 0 Å². The third kappa shape index (κ3) is 3.47. The predicted octanol–water partition coefficient (Wildman–Crippen LogP) is 2.40. The Morgan fingerprint density at radius 2 is 1.85 bits per heavy atom. The van der Waals surface area contributed by atoms with E-state index < -0.39 is 16.0 Å². The lowest BCUT2D eigenvalue weighted by Crippen LogP contribution is -2.31. The van der Waals surface area contributed by atoms with Crippen LogP contribution in [0.5, 0.6) is 0 Å². The smallest absolute Gasteiger partial charge is 0.335 e. The number of aromatic carboxylic acids is 1. The zero-order valence-electron chi connectivity index (χ0n) is 10.6. The van der Waals surface area contributed by atoms with Crippen molar-refractivity contribution in [1.29, 1.82) is 0 Å². The van der Waals surface area contributed by atoms with Gasteiger partial charge in [0.1, 0.15) is 4.90 Å². The molecule has 20 heavy (non-hydrogen) atoms. The number of benzene rings is 1. The van der Waals surface area contributed by atoms with Crippen molar-refractivity contribution in [3.05, 3.63) is 54.1 Å². The fourth-order valence-electron chi connectivity index (χ4n) is 1.53. The SMILES string of the molecule is C=CCN(CC=C)S(=O)(=O)c1cc(C(=O)O)ccc1Cl. The minimum atomic E-state index is -3.92. The molecule has 0 radical (unpaired) electrons. The summed E-state index contributed by atoms with van der Waals surface area (Å²) >= 11 is 5.88. The number of hydrogen-bond acceptors (Lipinski definition) is 3. The highest BCUT2D eigenvalue weighted by atomic mass is 35.5. The number of carboxylic acids is 1. The minimum absolute atomic E-state index is 0.0341. The van der Waals surface area contributed by atoms with Gasteiger partial charge in [-0.2, -0.15) is 4.31 Å². The standard InChI is InChI=1S/C13H14ClNO4S/c1-3-7-15(8-4-2)20(18,19)12-9-10(13(16)17)5-6-11(12)14/h3-6,9H,1-2,7-8H2,(H,16,17). The molecule has 0 aromatic heterocycles. The maximum absolute atomic E-state index is 12.5. The number of carboxylic acid groups (broad SMARTS) is 1. The molecule has 1 N–H and O–H groups in total. The summed E-state index contributed by atoms with van der Waals surface area (Å²) in [5, 5.41) is 8.89. The topological polar surface area (TPSA) is 74.7 Å². The van der Waals surface area contributed by atoms with Crippen LogP contribution in [0.3, 0.4) is 0 Å². The van der Waals surface area contributed by atoms with Gasteiger partial charge in [0.15, 0.2) is 0 Å². The zero-order chi connectivity index (χ0) is 15.3. The monoisotopic (exact) mass is 315 g/mol. The molecule has 1 aromatic rings. The summed E-state index contributed by atoms with van der Waals surface area (Å²) in [6, 6.07) is 3.53. The number of halogens is 1. The van der Waals surface area contributed by atoms with Crippen molar-refractivity contribution in [2.45, 2.75) is 4.90 Å². The Morgan fingerprint density at radius 3 is 2.30 bits per heavy atom. The molecule has 1 aromatic carbocycles. The Bertz CT molecular complexity index is 630. The van der Waals surface area contributed by atoms with Crippen LogP contribution < -0.4 is 0 Å². The molecule has 0 bridgehead atoms. The molecule has 0 amide bonds. The minimum Gasteiger partial charge on any atom is -0.478 e. The lowest BCUT2D eigenvalue weighted by molar-refractivity contribution is 0.0696. The zero-order valence-corrected chi connectivity index (χ0v) is 12.2. The first-order valence-electron chi connectivity index (χ1n) is 5.59. The first-order valence-corrected chi connectivity index (χ1v) is 7.41. The summed E-state index contributed by atoms with van der Waals surface area (Å²) < 4.78 is 26.0. The molecule has 7 heteroatoms. The van der Waals surface area contributed by atoms with E-state index in [-0.39, 0.29) is 28.6 Å². The Kier molecular flexibility index (Phi) is 5.50. The second kappa shape index (κ2) is 6.69. The van der Waals surface area contributed by atoms with Crippen LogP contribution in [0, 0.1) is 0 Å². The van der Waals surface area contributed by atoms with Gasteiger partial charge in [0.25, 0.3) is 0 Å². The van der Waals surface area contributed by atoms with Gasteiger partial charge in [-0.25, -0.2) is 13.2 Å². The largest absolute Gasteiger partial charge is 0.478 e. The Labute approximate surface area is 122 Å². The Morgan fingerprint density at radius 1 is 1.30 bits per heavy atom. The van der Waals surface area contributed by atoms with Gasteiger partial charge >= 0.3 is 5.97 Å². The Balaban J connectivity index is 3.39. The summed E-state index contributed by atoms with van der Waals surface area (Å²) in [7, 11) is -3.92. The molecule has 0 fully saturated rings. The van der Waals surface area contributed by atoms with Crippen molar-refractivity contribution in [1.82, 2.24) is 4.31 Å². The van der Waals surface area contributed by atoms with Gasteiger partial charge in [0, 0.05) is 13.1 Å². The first-order chi connectivity index (χ1) is 9.34. The average molecular weight is 316 g/mol. The molecule has 0 aliphatic rings. The number of sulfonamides is 1. The summed E-state index contributed by atoms with van der Waals surface area (Å²) in [6.45, 7) is 7.12. The predicted molar refractivity (Wildman–Crippen MR) is 77.6 cm³/mol. The van der Waals surface area contributed by atoms with Crippen LogP contribution in [0.1, 0.15) is 10.4 Å². The van der Waals surface area contributed by atoms with E-state index in [4.69, 9.17) is 16.7 Å². The van der Waals surface area contributed by atoms with Gasteiger partial charge in [-0.15, -0.1) is 13.2 Å². The van der Waals surface area contributed by atoms with E-state index in [0.717, 1.165) is 10.4 Å². The third-order valence-corrected chi connectivity index (χ3v) is 4.77. The second-order valence-electron chi connectivity index (χ2n) is 3.85. The van der Waals surface area contributed by atoms with Gasteiger partial charge in [0.2, 0.25) is 10.0 Å². The van der Waals surface area contributed by atoms with Crippen LogP contribution >= 0.6 is 11.6 Å². The van der Waals surface area contributed by atoms with Gasteiger partial charge in [-0.1, -0.05) is 23.8 Å². The number of rotatable bonds is 7. The van der Waals surface area contributed by atoms with Crippen molar-refractivity contribution in [3.63, 3.8) is 0 Å². The van der Waals surface area contributed by atoms with E-state index in [1.165, 1.54) is 24.3 Å². The van der Waals surface area contributed by atoms with Gasteiger partial charge in [-0.3, -0.25) is 0 Å². The van der Waals surface area contributed by atoms with Gasteiger partial charge < -0.3 is 5.11 Å². The summed E-state index contributed by atoms with van der Waals surface area (Å²) in [4.78, 5) is 10.7. The summed E-state index contributed by atoms with van der Waals surface area (Å²) in [5.74, 6) is -1.22. The van der Waals surface area contributed by atoms with E-state index in [2.05, 4.69) is 13.2 Å². The maximum Gasteiger partial charge on any atom is 0.335 e. The van der Waals surface area contributed by atoms with Crippen LogP contribution in [0.2, 0.25) is 5.02 Å². The molecule has 0 aliphatic carbocycles.